The first-order chi connectivity index (χ1) is 7.26. The number of hydrogen-bond donors (Lipinski definition) is 2. The fourth-order valence-corrected chi connectivity index (χ4v) is 4.90. The van der Waals surface area contributed by atoms with Gasteiger partial charge in [0.1, 0.15) is 0 Å². The van der Waals surface area contributed by atoms with Crippen molar-refractivity contribution in [3.8, 4) is 0 Å². The van der Waals surface area contributed by atoms with E-state index in [4.69, 9.17) is 5.73 Å². The lowest BCUT2D eigenvalue weighted by Gasteiger charge is -2.47. The van der Waals surface area contributed by atoms with Crippen molar-refractivity contribution in [2.45, 2.75) is 51.0 Å². The highest BCUT2D eigenvalue weighted by Gasteiger charge is 2.57. The van der Waals surface area contributed by atoms with Crippen LogP contribution in [0.15, 0.2) is 0 Å². The average molecular weight is 246 g/mol. The highest BCUT2D eigenvalue weighted by Crippen LogP contribution is 2.61. The van der Waals surface area contributed by atoms with Gasteiger partial charge in [0.05, 0.1) is 0 Å². The predicted octanol–water partition coefficient (Wildman–Crippen LogP) is 2.33. The van der Waals surface area contributed by atoms with Gasteiger partial charge in [0.15, 0.2) is 0 Å². The Morgan fingerprint density at radius 1 is 1.25 bits per heavy atom. The summed E-state index contributed by atoms with van der Waals surface area (Å²) < 4.78 is 0. The average Bonchev–Trinajstić information content (AvgIpc) is 2.84. The number of aliphatic hydroxyl groups is 1. The normalized spacial score (nSPS) is 50.6. The maximum absolute atomic E-state index is 9.35. The third kappa shape index (κ3) is 1.61. The molecule has 0 aromatic rings. The molecule has 0 amide bonds. The van der Waals surface area contributed by atoms with Gasteiger partial charge in [0.2, 0.25) is 0 Å². The minimum atomic E-state index is 0. The molecule has 16 heavy (non-hydrogen) atoms. The highest BCUT2D eigenvalue weighted by molar-refractivity contribution is 5.85. The summed E-state index contributed by atoms with van der Waals surface area (Å²) in [6, 6.07) is 0.450. The number of rotatable bonds is 1. The van der Waals surface area contributed by atoms with Gasteiger partial charge in [-0.25, -0.2) is 0 Å². The van der Waals surface area contributed by atoms with Crippen LogP contribution in [0, 0.1) is 23.2 Å². The molecule has 2 nitrogen and oxygen atoms in total. The molecule has 94 valence electrons. The Bertz CT molecular complexity index is 256. The Labute approximate surface area is 104 Å². The van der Waals surface area contributed by atoms with Crippen molar-refractivity contribution in [3.05, 3.63) is 0 Å². The summed E-state index contributed by atoms with van der Waals surface area (Å²) in [5.74, 6) is 2.25. The van der Waals surface area contributed by atoms with Crippen LogP contribution in [0.3, 0.4) is 0 Å². The zero-order valence-electron chi connectivity index (χ0n) is 9.90. The smallest absolute Gasteiger partial charge is 0.0459 e. The molecule has 0 aromatic heterocycles. The number of fused-ring (bicyclic) bond motifs is 3. The first-order valence-electron chi connectivity index (χ1n) is 6.63. The van der Waals surface area contributed by atoms with E-state index in [0.717, 1.165) is 11.8 Å². The van der Waals surface area contributed by atoms with E-state index in [1.807, 2.05) is 0 Å². The molecule has 3 fully saturated rings. The second-order valence-electron chi connectivity index (χ2n) is 6.17. The maximum atomic E-state index is 9.35. The van der Waals surface area contributed by atoms with Gasteiger partial charge in [-0.3, -0.25) is 0 Å². The second kappa shape index (κ2) is 4.47. The van der Waals surface area contributed by atoms with E-state index in [2.05, 4.69) is 0 Å². The maximum Gasteiger partial charge on any atom is 0.0459 e. The standard InChI is InChI=1S/C13H23NO.ClH/c14-12-10-3-4-11(6-10)13(12)5-1-2-9(7-13)8-15;/h9-12,15H,1-8,14H2;1H/t9-,10-,11+,12-,13-;/m1./s1. The van der Waals surface area contributed by atoms with Crippen molar-refractivity contribution in [1.29, 1.82) is 0 Å². The second-order valence-corrected chi connectivity index (χ2v) is 6.17. The van der Waals surface area contributed by atoms with Gasteiger partial charge >= 0.3 is 0 Å². The van der Waals surface area contributed by atoms with Crippen molar-refractivity contribution in [1.82, 2.24) is 0 Å². The van der Waals surface area contributed by atoms with Gasteiger partial charge in [-0.15, -0.1) is 12.4 Å². The Kier molecular flexibility index (Phi) is 3.54. The van der Waals surface area contributed by atoms with Gasteiger partial charge in [-0.1, -0.05) is 6.42 Å². The number of aliphatic hydroxyl groups excluding tert-OH is 1. The highest BCUT2D eigenvalue weighted by atomic mass is 35.5. The van der Waals surface area contributed by atoms with Crippen LogP contribution in [-0.4, -0.2) is 17.8 Å². The monoisotopic (exact) mass is 245 g/mol. The van der Waals surface area contributed by atoms with Crippen molar-refractivity contribution in [2.75, 3.05) is 6.61 Å². The molecule has 0 unspecified atom stereocenters. The molecular weight excluding hydrogens is 222 g/mol. The molecule has 3 rings (SSSR count). The molecule has 3 aliphatic rings. The van der Waals surface area contributed by atoms with Gasteiger partial charge in [0, 0.05) is 12.6 Å². The van der Waals surface area contributed by atoms with Crippen LogP contribution in [0.5, 0.6) is 0 Å². The zero-order chi connectivity index (χ0) is 10.5. The molecule has 3 saturated carbocycles. The SMILES string of the molecule is Cl.N[C@@H]1[C@@H]2CC[C@@H](C2)[C@]12CCC[C@@H](CO)C2. The van der Waals surface area contributed by atoms with Crippen LogP contribution in [0.4, 0.5) is 0 Å². The van der Waals surface area contributed by atoms with Crippen molar-refractivity contribution >= 4 is 12.4 Å². The molecule has 3 aliphatic carbocycles. The van der Waals surface area contributed by atoms with Crippen molar-refractivity contribution in [2.24, 2.45) is 28.9 Å². The molecule has 0 aromatic carbocycles. The molecule has 3 N–H and O–H groups in total. The number of hydrogen-bond acceptors (Lipinski definition) is 2. The van der Waals surface area contributed by atoms with Crippen LogP contribution in [0.2, 0.25) is 0 Å². The summed E-state index contributed by atoms with van der Waals surface area (Å²) in [5, 5.41) is 9.35. The van der Waals surface area contributed by atoms with E-state index in [0.29, 0.717) is 24.0 Å². The Morgan fingerprint density at radius 3 is 2.69 bits per heavy atom. The summed E-state index contributed by atoms with van der Waals surface area (Å²) in [6.07, 6.45) is 9.25. The Hall–Kier alpha value is 0.210. The molecule has 0 saturated heterocycles. The van der Waals surface area contributed by atoms with Crippen molar-refractivity contribution in [3.63, 3.8) is 0 Å². The van der Waals surface area contributed by atoms with Crippen LogP contribution in [0.1, 0.15) is 44.9 Å². The fraction of sp³-hybridized carbons (Fsp3) is 1.00. The van der Waals surface area contributed by atoms with Gasteiger partial charge < -0.3 is 10.8 Å². The molecular formula is C13H24ClNO. The quantitative estimate of drug-likeness (QED) is 0.745. The lowest BCUT2D eigenvalue weighted by Crippen LogP contribution is -2.49. The van der Waals surface area contributed by atoms with E-state index < -0.39 is 0 Å². The van der Waals surface area contributed by atoms with Crippen LogP contribution in [-0.2, 0) is 0 Å². The third-order valence-corrected chi connectivity index (χ3v) is 5.64. The first-order valence-corrected chi connectivity index (χ1v) is 6.63. The number of halogens is 1. The summed E-state index contributed by atoms with van der Waals surface area (Å²) in [5.41, 5.74) is 6.90. The number of nitrogens with two attached hydrogens (primary N) is 1. The summed E-state index contributed by atoms with van der Waals surface area (Å²) in [4.78, 5) is 0. The topological polar surface area (TPSA) is 46.2 Å². The van der Waals surface area contributed by atoms with E-state index in [-0.39, 0.29) is 12.4 Å². The fourth-order valence-electron chi connectivity index (χ4n) is 4.90. The molecule has 0 aliphatic heterocycles. The zero-order valence-corrected chi connectivity index (χ0v) is 10.7. The largest absolute Gasteiger partial charge is 0.396 e. The van der Waals surface area contributed by atoms with Crippen LogP contribution < -0.4 is 5.73 Å². The molecule has 2 bridgehead atoms. The minimum Gasteiger partial charge on any atom is -0.396 e. The first kappa shape index (κ1) is 12.7. The molecule has 0 radical (unpaired) electrons. The molecule has 5 atom stereocenters. The summed E-state index contributed by atoms with van der Waals surface area (Å²) in [7, 11) is 0. The summed E-state index contributed by atoms with van der Waals surface area (Å²) >= 11 is 0. The van der Waals surface area contributed by atoms with E-state index in [1.54, 1.807) is 0 Å². The Balaban J connectivity index is 0.000000963. The van der Waals surface area contributed by atoms with Gasteiger partial charge in [-0.2, -0.15) is 0 Å². The molecule has 0 heterocycles. The Morgan fingerprint density at radius 2 is 2.06 bits per heavy atom. The van der Waals surface area contributed by atoms with Crippen LogP contribution in [0.25, 0.3) is 0 Å². The minimum absolute atomic E-state index is 0. The van der Waals surface area contributed by atoms with E-state index in [9.17, 15) is 5.11 Å². The van der Waals surface area contributed by atoms with Crippen molar-refractivity contribution < 1.29 is 5.11 Å². The lowest BCUT2D eigenvalue weighted by atomic mass is 9.60. The van der Waals surface area contributed by atoms with E-state index in [1.165, 1.54) is 44.9 Å². The summed E-state index contributed by atoms with van der Waals surface area (Å²) in [6.45, 7) is 0.381. The van der Waals surface area contributed by atoms with Crippen LogP contribution >= 0.6 is 12.4 Å². The lowest BCUT2D eigenvalue weighted by molar-refractivity contribution is 0.0292. The third-order valence-electron chi connectivity index (χ3n) is 5.64. The molecule has 3 heteroatoms. The molecule has 1 spiro atoms. The van der Waals surface area contributed by atoms with Gasteiger partial charge in [-0.05, 0) is 61.7 Å². The van der Waals surface area contributed by atoms with Gasteiger partial charge in [0.25, 0.3) is 0 Å². The van der Waals surface area contributed by atoms with E-state index >= 15 is 0 Å². The predicted molar refractivity (Wildman–Crippen MR) is 67.5 cm³/mol.